The standard InChI is InChI=1S/C15H25NO6/c1-6-15(5,9-21-13(18)11(2)3)7-8-20-14(19)16-12(4)22-10-17/h10,12H,2,6-9H2,1,3-5H3,(H,16,19). The third kappa shape index (κ3) is 8.28. The number of hydrogen-bond donors (Lipinski definition) is 1. The van der Waals surface area contributed by atoms with E-state index in [1.165, 1.54) is 6.92 Å². The van der Waals surface area contributed by atoms with E-state index in [2.05, 4.69) is 16.6 Å². The van der Waals surface area contributed by atoms with Gasteiger partial charge in [-0.1, -0.05) is 20.4 Å². The number of esters is 1. The Labute approximate surface area is 131 Å². The van der Waals surface area contributed by atoms with E-state index < -0.39 is 18.3 Å². The Balaban J connectivity index is 4.16. The number of amides is 1. The maximum Gasteiger partial charge on any atom is 0.409 e. The second-order valence-electron chi connectivity index (χ2n) is 5.43. The van der Waals surface area contributed by atoms with E-state index in [9.17, 15) is 14.4 Å². The highest BCUT2D eigenvalue weighted by molar-refractivity contribution is 5.86. The molecule has 0 spiro atoms. The molecule has 0 aromatic heterocycles. The van der Waals surface area contributed by atoms with Crippen molar-refractivity contribution in [3.05, 3.63) is 12.2 Å². The van der Waals surface area contributed by atoms with Crippen molar-refractivity contribution < 1.29 is 28.6 Å². The highest BCUT2D eigenvalue weighted by Gasteiger charge is 2.25. The second kappa shape index (κ2) is 9.81. The first-order chi connectivity index (χ1) is 10.2. The molecule has 0 aliphatic rings. The maximum atomic E-state index is 11.4. The summed E-state index contributed by atoms with van der Waals surface area (Å²) in [5.74, 6) is -0.432. The van der Waals surface area contributed by atoms with Crippen LogP contribution in [0.4, 0.5) is 4.79 Å². The fourth-order valence-electron chi connectivity index (χ4n) is 1.43. The fourth-order valence-corrected chi connectivity index (χ4v) is 1.43. The van der Waals surface area contributed by atoms with Crippen LogP contribution in [0.5, 0.6) is 0 Å². The molecule has 0 saturated carbocycles. The largest absolute Gasteiger partial charge is 0.462 e. The Kier molecular flexibility index (Phi) is 8.89. The molecule has 1 amide bonds. The van der Waals surface area contributed by atoms with Crippen LogP contribution >= 0.6 is 0 Å². The molecule has 0 aromatic rings. The van der Waals surface area contributed by atoms with Gasteiger partial charge in [0.1, 0.15) is 0 Å². The van der Waals surface area contributed by atoms with Gasteiger partial charge in [0.05, 0.1) is 13.2 Å². The summed E-state index contributed by atoms with van der Waals surface area (Å²) in [6.07, 6.45) is -0.138. The van der Waals surface area contributed by atoms with E-state index in [4.69, 9.17) is 9.47 Å². The summed E-state index contributed by atoms with van der Waals surface area (Å²) >= 11 is 0. The van der Waals surface area contributed by atoms with Crippen molar-refractivity contribution >= 4 is 18.5 Å². The number of rotatable bonds is 10. The zero-order chi connectivity index (χ0) is 17.2. The monoisotopic (exact) mass is 315 g/mol. The van der Waals surface area contributed by atoms with Gasteiger partial charge in [0.15, 0.2) is 6.23 Å². The third-order valence-electron chi connectivity index (χ3n) is 3.27. The average Bonchev–Trinajstić information content (AvgIpc) is 2.44. The van der Waals surface area contributed by atoms with Gasteiger partial charge in [-0.15, -0.1) is 0 Å². The van der Waals surface area contributed by atoms with Gasteiger partial charge in [-0.25, -0.2) is 9.59 Å². The van der Waals surface area contributed by atoms with Crippen LogP contribution in [0.15, 0.2) is 12.2 Å². The molecular weight excluding hydrogens is 290 g/mol. The molecule has 0 saturated heterocycles. The highest BCUT2D eigenvalue weighted by Crippen LogP contribution is 2.26. The molecule has 0 bridgehead atoms. The average molecular weight is 315 g/mol. The smallest absolute Gasteiger partial charge is 0.409 e. The van der Waals surface area contributed by atoms with E-state index >= 15 is 0 Å². The van der Waals surface area contributed by atoms with Crippen LogP contribution in [-0.4, -0.2) is 38.0 Å². The first-order valence-corrected chi connectivity index (χ1v) is 7.09. The number of hydrogen-bond acceptors (Lipinski definition) is 6. The predicted molar refractivity (Wildman–Crippen MR) is 79.9 cm³/mol. The number of alkyl carbamates (subject to hydrolysis) is 1. The fraction of sp³-hybridized carbons (Fsp3) is 0.667. The van der Waals surface area contributed by atoms with Crippen molar-refractivity contribution in [3.8, 4) is 0 Å². The van der Waals surface area contributed by atoms with Crippen molar-refractivity contribution in [1.29, 1.82) is 0 Å². The van der Waals surface area contributed by atoms with Crippen molar-refractivity contribution in [2.45, 2.75) is 46.8 Å². The lowest BCUT2D eigenvalue weighted by atomic mass is 9.85. The van der Waals surface area contributed by atoms with Gasteiger partial charge in [0.25, 0.3) is 6.47 Å². The van der Waals surface area contributed by atoms with Crippen LogP contribution in [0.25, 0.3) is 0 Å². The van der Waals surface area contributed by atoms with Crippen LogP contribution in [0.3, 0.4) is 0 Å². The summed E-state index contributed by atoms with van der Waals surface area (Å²) in [6, 6.07) is 0. The molecule has 7 nitrogen and oxygen atoms in total. The number of ether oxygens (including phenoxy) is 3. The molecule has 0 fully saturated rings. The molecule has 0 aliphatic carbocycles. The van der Waals surface area contributed by atoms with Gasteiger partial charge in [0, 0.05) is 11.0 Å². The first kappa shape index (κ1) is 19.9. The SMILES string of the molecule is C=C(C)C(=O)OCC(C)(CC)CCOC(=O)NC(C)OC=O. The van der Waals surface area contributed by atoms with Crippen LogP contribution in [-0.2, 0) is 23.8 Å². The van der Waals surface area contributed by atoms with Gasteiger partial charge >= 0.3 is 12.1 Å². The minimum Gasteiger partial charge on any atom is -0.462 e. The maximum absolute atomic E-state index is 11.4. The van der Waals surface area contributed by atoms with Crippen molar-refractivity contribution in [2.24, 2.45) is 5.41 Å². The van der Waals surface area contributed by atoms with Crippen LogP contribution in [0.1, 0.15) is 40.5 Å². The molecule has 22 heavy (non-hydrogen) atoms. The Morgan fingerprint density at radius 2 is 2.00 bits per heavy atom. The lowest BCUT2D eigenvalue weighted by Gasteiger charge is -2.27. The molecule has 0 aliphatic heterocycles. The van der Waals surface area contributed by atoms with Crippen molar-refractivity contribution in [1.82, 2.24) is 5.32 Å². The predicted octanol–water partition coefficient (Wildman–Crippen LogP) is 2.16. The highest BCUT2D eigenvalue weighted by atomic mass is 16.6. The normalized spacial score (nSPS) is 14.2. The third-order valence-corrected chi connectivity index (χ3v) is 3.27. The van der Waals surface area contributed by atoms with Crippen LogP contribution in [0, 0.1) is 5.41 Å². The van der Waals surface area contributed by atoms with Crippen LogP contribution in [0.2, 0.25) is 0 Å². The van der Waals surface area contributed by atoms with Gasteiger partial charge in [-0.3, -0.25) is 10.1 Å². The van der Waals surface area contributed by atoms with E-state index in [-0.39, 0.29) is 25.1 Å². The first-order valence-electron chi connectivity index (χ1n) is 7.09. The summed E-state index contributed by atoms with van der Waals surface area (Å²) in [4.78, 5) is 32.9. The molecule has 0 aromatic carbocycles. The molecule has 0 rings (SSSR count). The van der Waals surface area contributed by atoms with Gasteiger partial charge in [0.2, 0.25) is 0 Å². The molecule has 7 heteroatoms. The number of nitrogens with one attached hydrogen (secondary N) is 1. The quantitative estimate of drug-likeness (QED) is 0.218. The molecule has 126 valence electrons. The zero-order valence-corrected chi connectivity index (χ0v) is 13.6. The molecule has 2 atom stereocenters. The molecule has 0 radical (unpaired) electrons. The zero-order valence-electron chi connectivity index (χ0n) is 13.6. The molecule has 1 N–H and O–H groups in total. The molecule has 0 heterocycles. The number of carbonyl (C=O) groups is 3. The van der Waals surface area contributed by atoms with Gasteiger partial charge in [-0.2, -0.15) is 0 Å². The van der Waals surface area contributed by atoms with E-state index in [0.29, 0.717) is 12.0 Å². The summed E-state index contributed by atoms with van der Waals surface area (Å²) in [7, 11) is 0. The van der Waals surface area contributed by atoms with Crippen molar-refractivity contribution in [2.75, 3.05) is 13.2 Å². The van der Waals surface area contributed by atoms with E-state index in [1.807, 2.05) is 13.8 Å². The van der Waals surface area contributed by atoms with Gasteiger partial charge < -0.3 is 14.2 Å². The van der Waals surface area contributed by atoms with Crippen LogP contribution < -0.4 is 5.32 Å². The Morgan fingerprint density at radius 1 is 1.36 bits per heavy atom. The van der Waals surface area contributed by atoms with E-state index in [0.717, 1.165) is 6.42 Å². The Hall–Kier alpha value is -2.05. The summed E-state index contributed by atoms with van der Waals surface area (Å²) in [5, 5.41) is 2.34. The Morgan fingerprint density at radius 3 is 2.50 bits per heavy atom. The topological polar surface area (TPSA) is 90.9 Å². The second-order valence-corrected chi connectivity index (χ2v) is 5.43. The molecule has 2 unspecified atom stereocenters. The summed E-state index contributed by atoms with van der Waals surface area (Å²) < 4.78 is 14.7. The minimum absolute atomic E-state index is 0.161. The Bertz CT molecular complexity index is 409. The lowest BCUT2D eigenvalue weighted by Crippen LogP contribution is -2.35. The summed E-state index contributed by atoms with van der Waals surface area (Å²) in [5.41, 5.74) is 0.0503. The van der Waals surface area contributed by atoms with Gasteiger partial charge in [-0.05, 0) is 26.7 Å². The molecular formula is C15H25NO6. The minimum atomic E-state index is -0.751. The summed E-state index contributed by atoms with van der Waals surface area (Å²) in [6.45, 7) is 11.2. The van der Waals surface area contributed by atoms with E-state index in [1.54, 1.807) is 6.92 Å². The van der Waals surface area contributed by atoms with Crippen molar-refractivity contribution in [3.63, 3.8) is 0 Å². The number of carbonyl (C=O) groups excluding carboxylic acids is 3. The lowest BCUT2D eigenvalue weighted by molar-refractivity contribution is -0.142.